The summed E-state index contributed by atoms with van der Waals surface area (Å²) < 4.78 is 12.0. The Morgan fingerprint density at radius 3 is 2.55 bits per heavy atom. The van der Waals surface area contributed by atoms with Gasteiger partial charge >= 0.3 is 0 Å². The van der Waals surface area contributed by atoms with Crippen LogP contribution in [0.1, 0.15) is 18.6 Å². The lowest BCUT2D eigenvalue weighted by Crippen LogP contribution is -2.50. The maximum Gasteiger partial charge on any atom is 0.163 e. The number of nitrogens with one attached hydrogen (secondary N) is 1. The lowest BCUT2D eigenvalue weighted by Gasteiger charge is -2.29. The quantitative estimate of drug-likeness (QED) is 0.872. The summed E-state index contributed by atoms with van der Waals surface area (Å²) in [7, 11) is 0. The van der Waals surface area contributed by atoms with Gasteiger partial charge in [0.05, 0.1) is 0 Å². The van der Waals surface area contributed by atoms with Crippen molar-refractivity contribution in [2.75, 3.05) is 13.1 Å². The van der Waals surface area contributed by atoms with E-state index in [4.69, 9.17) is 32.7 Å². The largest absolute Gasteiger partial charge is 0.484 e. The van der Waals surface area contributed by atoms with E-state index in [2.05, 4.69) is 5.32 Å². The van der Waals surface area contributed by atoms with Crippen LogP contribution in [0.2, 0.25) is 10.0 Å². The molecule has 1 saturated heterocycles. The van der Waals surface area contributed by atoms with Gasteiger partial charge in [-0.3, -0.25) is 0 Å². The Morgan fingerprint density at radius 1 is 1.09 bits per heavy atom. The molecule has 0 aliphatic carbocycles. The number of halogens is 2. The van der Waals surface area contributed by atoms with Crippen LogP contribution in [0.15, 0.2) is 42.5 Å². The summed E-state index contributed by atoms with van der Waals surface area (Å²) in [4.78, 5) is 0. The fourth-order valence-electron chi connectivity index (χ4n) is 2.26. The van der Waals surface area contributed by atoms with E-state index < -0.39 is 0 Å². The summed E-state index contributed by atoms with van der Waals surface area (Å²) >= 11 is 12.3. The van der Waals surface area contributed by atoms with Crippen LogP contribution in [0.4, 0.5) is 0 Å². The lowest BCUT2D eigenvalue weighted by molar-refractivity contribution is 0.129. The molecule has 1 unspecified atom stereocenters. The molecule has 1 atom stereocenters. The molecular weight excluding hydrogens is 321 g/mol. The van der Waals surface area contributed by atoms with Crippen molar-refractivity contribution in [2.24, 2.45) is 0 Å². The van der Waals surface area contributed by atoms with Gasteiger partial charge in [-0.25, -0.2) is 0 Å². The van der Waals surface area contributed by atoms with E-state index in [0.717, 1.165) is 18.7 Å². The zero-order chi connectivity index (χ0) is 15.5. The maximum absolute atomic E-state index is 6.23. The van der Waals surface area contributed by atoms with Crippen molar-refractivity contribution in [3.63, 3.8) is 0 Å². The van der Waals surface area contributed by atoms with Crippen LogP contribution in [0.25, 0.3) is 0 Å². The van der Waals surface area contributed by atoms with Crippen LogP contribution in [-0.2, 0) is 0 Å². The first-order valence-electron chi connectivity index (χ1n) is 7.21. The van der Waals surface area contributed by atoms with Crippen molar-refractivity contribution in [3.8, 4) is 11.5 Å². The van der Waals surface area contributed by atoms with Gasteiger partial charge in [0.1, 0.15) is 12.2 Å². The normalized spacial score (nSPS) is 16.0. The predicted octanol–water partition coefficient (Wildman–Crippen LogP) is 4.48. The average molecular weight is 338 g/mol. The summed E-state index contributed by atoms with van der Waals surface area (Å²) in [6, 6.07) is 13.1. The van der Waals surface area contributed by atoms with E-state index >= 15 is 0 Å². The molecule has 1 fully saturated rings. The molecule has 0 aromatic heterocycles. The summed E-state index contributed by atoms with van der Waals surface area (Å²) in [5.41, 5.74) is 0.940. The smallest absolute Gasteiger partial charge is 0.163 e. The average Bonchev–Trinajstić information content (AvgIpc) is 2.46. The molecule has 1 heterocycles. The van der Waals surface area contributed by atoms with Gasteiger partial charge in [0.2, 0.25) is 0 Å². The molecule has 0 amide bonds. The standard InChI is InChI=1S/C17H17Cl2NO2/c1-11(14-4-2-3-5-15(14)19)21-16-7-6-12(18)8-17(16)22-13-9-20-10-13/h2-8,11,13,20H,9-10H2,1H3. The molecule has 2 aromatic carbocycles. The number of rotatable bonds is 5. The first-order chi connectivity index (χ1) is 10.6. The number of hydrogen-bond acceptors (Lipinski definition) is 3. The van der Waals surface area contributed by atoms with Crippen molar-refractivity contribution in [3.05, 3.63) is 58.1 Å². The van der Waals surface area contributed by atoms with Gasteiger partial charge in [-0.2, -0.15) is 0 Å². The highest BCUT2D eigenvalue weighted by Crippen LogP contribution is 2.35. The summed E-state index contributed by atoms with van der Waals surface area (Å²) in [5, 5.41) is 4.49. The van der Waals surface area contributed by atoms with Crippen LogP contribution >= 0.6 is 23.2 Å². The van der Waals surface area contributed by atoms with E-state index in [1.165, 1.54) is 0 Å². The predicted molar refractivity (Wildman–Crippen MR) is 89.2 cm³/mol. The fraction of sp³-hybridized carbons (Fsp3) is 0.294. The third-order valence-electron chi connectivity index (χ3n) is 3.59. The molecule has 1 aliphatic rings. The van der Waals surface area contributed by atoms with Gasteiger partial charge in [0.15, 0.2) is 11.5 Å². The second-order valence-electron chi connectivity index (χ2n) is 5.27. The monoisotopic (exact) mass is 337 g/mol. The van der Waals surface area contributed by atoms with Crippen LogP contribution in [0.3, 0.4) is 0 Å². The zero-order valence-corrected chi connectivity index (χ0v) is 13.7. The van der Waals surface area contributed by atoms with Crippen LogP contribution in [-0.4, -0.2) is 19.2 Å². The highest BCUT2D eigenvalue weighted by molar-refractivity contribution is 6.31. The minimum Gasteiger partial charge on any atom is -0.484 e. The molecule has 5 heteroatoms. The van der Waals surface area contributed by atoms with Crippen molar-refractivity contribution >= 4 is 23.2 Å². The molecular formula is C17H17Cl2NO2. The Labute approximate surface area is 140 Å². The van der Waals surface area contributed by atoms with Gasteiger partial charge in [0.25, 0.3) is 0 Å². The number of ether oxygens (including phenoxy) is 2. The SMILES string of the molecule is CC(Oc1ccc(Cl)cc1OC1CNC1)c1ccccc1Cl. The van der Waals surface area contributed by atoms with Gasteiger partial charge in [0, 0.05) is 34.8 Å². The highest BCUT2D eigenvalue weighted by atomic mass is 35.5. The Balaban J connectivity index is 1.80. The van der Waals surface area contributed by atoms with E-state index in [0.29, 0.717) is 21.5 Å². The third-order valence-corrected chi connectivity index (χ3v) is 4.17. The Morgan fingerprint density at radius 2 is 1.86 bits per heavy atom. The van der Waals surface area contributed by atoms with Crippen molar-refractivity contribution in [1.82, 2.24) is 5.32 Å². The minimum absolute atomic E-state index is 0.163. The molecule has 0 saturated carbocycles. The first kappa shape index (κ1) is 15.5. The van der Waals surface area contributed by atoms with Gasteiger partial charge in [-0.1, -0.05) is 41.4 Å². The molecule has 116 valence electrons. The van der Waals surface area contributed by atoms with E-state index in [1.54, 1.807) is 12.1 Å². The third kappa shape index (κ3) is 3.49. The molecule has 0 radical (unpaired) electrons. The lowest BCUT2D eigenvalue weighted by atomic mass is 10.1. The second kappa shape index (κ2) is 6.78. The van der Waals surface area contributed by atoms with E-state index in [9.17, 15) is 0 Å². The molecule has 0 bridgehead atoms. The summed E-state index contributed by atoms with van der Waals surface area (Å²) in [6.45, 7) is 3.64. The van der Waals surface area contributed by atoms with Gasteiger partial charge in [-0.15, -0.1) is 0 Å². The Kier molecular flexibility index (Phi) is 4.77. The van der Waals surface area contributed by atoms with Crippen LogP contribution in [0.5, 0.6) is 11.5 Å². The highest BCUT2D eigenvalue weighted by Gasteiger charge is 2.21. The molecule has 2 aromatic rings. The maximum atomic E-state index is 6.23. The molecule has 0 spiro atoms. The van der Waals surface area contributed by atoms with E-state index in [-0.39, 0.29) is 12.2 Å². The van der Waals surface area contributed by atoms with E-state index in [1.807, 2.05) is 37.3 Å². The summed E-state index contributed by atoms with van der Waals surface area (Å²) in [5.74, 6) is 1.33. The van der Waals surface area contributed by atoms with Gasteiger partial charge in [-0.05, 0) is 25.1 Å². The summed E-state index contributed by atoms with van der Waals surface area (Å²) in [6.07, 6.45) is -0.0202. The van der Waals surface area contributed by atoms with Crippen molar-refractivity contribution in [1.29, 1.82) is 0 Å². The molecule has 3 rings (SSSR count). The van der Waals surface area contributed by atoms with Crippen LogP contribution in [0, 0.1) is 0 Å². The zero-order valence-electron chi connectivity index (χ0n) is 12.2. The topological polar surface area (TPSA) is 30.5 Å². The van der Waals surface area contributed by atoms with Crippen molar-refractivity contribution in [2.45, 2.75) is 19.1 Å². The first-order valence-corrected chi connectivity index (χ1v) is 7.97. The molecule has 1 aliphatic heterocycles. The van der Waals surface area contributed by atoms with Crippen LogP contribution < -0.4 is 14.8 Å². The number of benzene rings is 2. The van der Waals surface area contributed by atoms with Gasteiger partial charge < -0.3 is 14.8 Å². The number of hydrogen-bond donors (Lipinski definition) is 1. The Bertz CT molecular complexity index is 659. The second-order valence-corrected chi connectivity index (χ2v) is 6.11. The molecule has 1 N–H and O–H groups in total. The van der Waals surface area contributed by atoms with Crippen molar-refractivity contribution < 1.29 is 9.47 Å². The molecule has 22 heavy (non-hydrogen) atoms. The minimum atomic E-state index is -0.184. The molecule has 3 nitrogen and oxygen atoms in total. The fourth-order valence-corrected chi connectivity index (χ4v) is 2.71. The Hall–Kier alpha value is -1.42.